The van der Waals surface area contributed by atoms with Gasteiger partial charge >= 0.3 is 0 Å². The van der Waals surface area contributed by atoms with Crippen LogP contribution in [0.4, 0.5) is 0 Å². The van der Waals surface area contributed by atoms with E-state index in [-0.39, 0.29) is 12.1 Å². The predicted octanol–water partition coefficient (Wildman–Crippen LogP) is 1.47. The van der Waals surface area contributed by atoms with Crippen molar-refractivity contribution in [3.8, 4) is 0 Å². The van der Waals surface area contributed by atoms with E-state index in [1.807, 2.05) is 30.3 Å². The van der Waals surface area contributed by atoms with Crippen LogP contribution in [0.25, 0.3) is 0 Å². The second-order valence-corrected chi connectivity index (χ2v) is 3.56. The Morgan fingerprint density at radius 2 is 2.08 bits per heavy atom. The van der Waals surface area contributed by atoms with Gasteiger partial charge in [-0.2, -0.15) is 0 Å². The van der Waals surface area contributed by atoms with Crippen LogP contribution in [0, 0.1) is 0 Å². The average molecular weight is 177 g/mol. The first-order valence-electron chi connectivity index (χ1n) is 4.84. The van der Waals surface area contributed by atoms with Crippen LogP contribution >= 0.6 is 0 Å². The fourth-order valence-electron chi connectivity index (χ4n) is 1.86. The quantitative estimate of drug-likeness (QED) is 0.717. The van der Waals surface area contributed by atoms with Gasteiger partial charge in [0, 0.05) is 6.04 Å². The molecule has 1 aliphatic rings. The largest absolute Gasteiger partial charge is 0.387 e. The summed E-state index contributed by atoms with van der Waals surface area (Å²) in [5, 5.41) is 13.3. The molecule has 0 aliphatic carbocycles. The van der Waals surface area contributed by atoms with Crippen molar-refractivity contribution in [1.82, 2.24) is 5.32 Å². The van der Waals surface area contributed by atoms with Crippen molar-refractivity contribution in [3.63, 3.8) is 0 Å². The Hall–Kier alpha value is -0.860. The Kier molecular flexibility index (Phi) is 2.62. The van der Waals surface area contributed by atoms with Crippen LogP contribution in [0.2, 0.25) is 0 Å². The number of aliphatic hydroxyl groups is 1. The third-order valence-corrected chi connectivity index (χ3v) is 2.62. The normalized spacial score (nSPS) is 24.5. The highest BCUT2D eigenvalue weighted by Gasteiger charge is 2.23. The number of rotatable bonds is 2. The molecule has 1 aromatic carbocycles. The Balaban J connectivity index is 2.08. The minimum Gasteiger partial charge on any atom is -0.387 e. The molecule has 2 nitrogen and oxygen atoms in total. The highest BCUT2D eigenvalue weighted by atomic mass is 16.3. The minimum absolute atomic E-state index is 0.252. The van der Waals surface area contributed by atoms with Gasteiger partial charge in [-0.25, -0.2) is 0 Å². The molecule has 0 spiro atoms. The summed E-state index contributed by atoms with van der Waals surface area (Å²) in [5.41, 5.74) is 1.02. The van der Waals surface area contributed by atoms with Crippen molar-refractivity contribution in [2.45, 2.75) is 25.0 Å². The van der Waals surface area contributed by atoms with Gasteiger partial charge in [0.2, 0.25) is 0 Å². The summed E-state index contributed by atoms with van der Waals surface area (Å²) in [4.78, 5) is 0. The van der Waals surface area contributed by atoms with Gasteiger partial charge in [-0.3, -0.25) is 0 Å². The van der Waals surface area contributed by atoms with Crippen molar-refractivity contribution < 1.29 is 5.11 Å². The monoisotopic (exact) mass is 177 g/mol. The van der Waals surface area contributed by atoms with Gasteiger partial charge in [-0.1, -0.05) is 30.3 Å². The highest BCUT2D eigenvalue weighted by molar-refractivity contribution is 5.19. The third-order valence-electron chi connectivity index (χ3n) is 2.62. The van der Waals surface area contributed by atoms with Gasteiger partial charge < -0.3 is 10.4 Å². The Bertz CT molecular complexity index is 254. The second kappa shape index (κ2) is 3.90. The van der Waals surface area contributed by atoms with E-state index in [0.717, 1.165) is 18.5 Å². The topological polar surface area (TPSA) is 32.3 Å². The molecule has 70 valence electrons. The van der Waals surface area contributed by atoms with Crippen LogP contribution in [0.3, 0.4) is 0 Å². The molecule has 2 rings (SSSR count). The maximum Gasteiger partial charge on any atom is 0.0942 e. The first-order valence-corrected chi connectivity index (χ1v) is 4.84. The summed E-state index contributed by atoms with van der Waals surface area (Å²) in [6.45, 7) is 1.04. The number of nitrogens with one attached hydrogen (secondary N) is 1. The molecule has 1 fully saturated rings. The van der Waals surface area contributed by atoms with Gasteiger partial charge in [0.25, 0.3) is 0 Å². The van der Waals surface area contributed by atoms with E-state index < -0.39 is 0 Å². The van der Waals surface area contributed by atoms with E-state index in [9.17, 15) is 5.11 Å². The lowest BCUT2D eigenvalue weighted by Gasteiger charge is -2.18. The number of hydrogen-bond acceptors (Lipinski definition) is 2. The molecule has 0 bridgehead atoms. The van der Waals surface area contributed by atoms with Gasteiger partial charge in [0.15, 0.2) is 0 Å². The van der Waals surface area contributed by atoms with Gasteiger partial charge in [-0.15, -0.1) is 0 Å². The van der Waals surface area contributed by atoms with E-state index >= 15 is 0 Å². The molecule has 2 heteroatoms. The van der Waals surface area contributed by atoms with Crippen molar-refractivity contribution in [1.29, 1.82) is 0 Å². The molecule has 2 atom stereocenters. The lowest BCUT2D eigenvalue weighted by atomic mass is 10.0. The summed E-state index contributed by atoms with van der Waals surface area (Å²) in [6.07, 6.45) is 1.91. The Labute approximate surface area is 78.6 Å². The lowest BCUT2D eigenvalue weighted by molar-refractivity contribution is 0.137. The van der Waals surface area contributed by atoms with Crippen molar-refractivity contribution >= 4 is 0 Å². The number of aliphatic hydroxyl groups excluding tert-OH is 1. The molecule has 0 saturated carbocycles. The van der Waals surface area contributed by atoms with E-state index in [0.29, 0.717) is 0 Å². The molecule has 2 N–H and O–H groups in total. The van der Waals surface area contributed by atoms with Gasteiger partial charge in [0.05, 0.1) is 6.10 Å². The molecule has 1 heterocycles. The standard InChI is InChI=1S/C11H15NO/c13-11(10-7-4-8-12-10)9-5-2-1-3-6-9/h1-3,5-6,10-13H,4,7-8H2/t10-,11?/m0/s1. The zero-order valence-corrected chi connectivity index (χ0v) is 7.61. The smallest absolute Gasteiger partial charge is 0.0942 e. The summed E-state index contributed by atoms with van der Waals surface area (Å²) in [6, 6.07) is 10.1. The minimum atomic E-state index is -0.344. The van der Waals surface area contributed by atoms with Crippen LogP contribution in [-0.2, 0) is 0 Å². The molecule has 13 heavy (non-hydrogen) atoms. The summed E-state index contributed by atoms with van der Waals surface area (Å²) in [5.74, 6) is 0. The van der Waals surface area contributed by atoms with Gasteiger partial charge in [-0.05, 0) is 24.9 Å². The summed E-state index contributed by atoms with van der Waals surface area (Å²) in [7, 11) is 0. The van der Waals surface area contributed by atoms with Crippen molar-refractivity contribution in [2.24, 2.45) is 0 Å². The van der Waals surface area contributed by atoms with Crippen molar-refractivity contribution in [2.75, 3.05) is 6.54 Å². The van der Waals surface area contributed by atoms with E-state index in [1.165, 1.54) is 6.42 Å². The maximum absolute atomic E-state index is 9.96. The fraction of sp³-hybridized carbons (Fsp3) is 0.455. The first kappa shape index (κ1) is 8.73. The zero-order valence-electron chi connectivity index (χ0n) is 7.61. The van der Waals surface area contributed by atoms with E-state index in [4.69, 9.17) is 0 Å². The Morgan fingerprint density at radius 3 is 2.69 bits per heavy atom. The van der Waals surface area contributed by atoms with Crippen molar-refractivity contribution in [3.05, 3.63) is 35.9 Å². The molecule has 1 aliphatic heterocycles. The first-order chi connectivity index (χ1) is 6.38. The molecule has 0 radical (unpaired) electrons. The maximum atomic E-state index is 9.96. The molecular formula is C11H15NO. The molecular weight excluding hydrogens is 162 g/mol. The number of hydrogen-bond donors (Lipinski definition) is 2. The van der Waals surface area contributed by atoms with Crippen LogP contribution in [0.1, 0.15) is 24.5 Å². The number of benzene rings is 1. The Morgan fingerprint density at radius 1 is 1.31 bits per heavy atom. The van der Waals surface area contributed by atoms with E-state index in [2.05, 4.69) is 5.32 Å². The molecule has 1 unspecified atom stereocenters. The average Bonchev–Trinajstić information content (AvgIpc) is 2.71. The molecule has 0 amide bonds. The summed E-state index contributed by atoms with van der Waals surface area (Å²) >= 11 is 0. The third kappa shape index (κ3) is 1.90. The van der Waals surface area contributed by atoms with Crippen LogP contribution in [-0.4, -0.2) is 17.7 Å². The SMILES string of the molecule is OC(c1ccccc1)[C@@H]1CCCN1. The highest BCUT2D eigenvalue weighted by Crippen LogP contribution is 2.22. The van der Waals surface area contributed by atoms with E-state index in [1.54, 1.807) is 0 Å². The fourth-order valence-corrected chi connectivity index (χ4v) is 1.86. The van der Waals surface area contributed by atoms with Crippen LogP contribution < -0.4 is 5.32 Å². The van der Waals surface area contributed by atoms with Gasteiger partial charge in [0.1, 0.15) is 0 Å². The molecule has 1 saturated heterocycles. The molecule has 1 aromatic rings. The second-order valence-electron chi connectivity index (χ2n) is 3.56. The van der Waals surface area contributed by atoms with Crippen LogP contribution in [0.5, 0.6) is 0 Å². The lowest BCUT2D eigenvalue weighted by Crippen LogP contribution is -2.28. The molecule has 0 aromatic heterocycles. The van der Waals surface area contributed by atoms with Crippen LogP contribution in [0.15, 0.2) is 30.3 Å². The summed E-state index contributed by atoms with van der Waals surface area (Å²) < 4.78 is 0. The zero-order chi connectivity index (χ0) is 9.10. The predicted molar refractivity (Wildman–Crippen MR) is 52.4 cm³/mol.